The molecule has 214 valence electrons. The molecule has 3 aliphatic heterocycles. The Balaban J connectivity index is 1.26. The molecule has 4 aliphatic rings. The van der Waals surface area contributed by atoms with Gasteiger partial charge in [-0.1, -0.05) is 6.07 Å². The van der Waals surface area contributed by atoms with Crippen LogP contribution in [0.4, 0.5) is 0 Å². The van der Waals surface area contributed by atoms with Crippen LogP contribution in [0.2, 0.25) is 0 Å². The standard InChI is InChI=1S/C26H32O13/c1-33-14-5-3-12(9-15(14)34-2)4-6-17(28)36-11-26-18-13(19(29)23(26)39-26)7-8-35-24(18)38-25-22(32)21(31)20(30)16(10-27)37-25/h3-9,13,16,18-25,27,29-32H,10-11H2,1-2H3/b6-4+/t13-,16-,18-,19+,20-,21+,22-,23+,24+,25+,26-/m1/s1. The lowest BCUT2D eigenvalue weighted by Crippen LogP contribution is -2.60. The average molecular weight is 553 g/mol. The van der Waals surface area contributed by atoms with Crippen LogP contribution >= 0.6 is 0 Å². The van der Waals surface area contributed by atoms with Crippen molar-refractivity contribution in [1.29, 1.82) is 0 Å². The molecule has 5 rings (SSSR count). The number of ether oxygens (including phenoxy) is 7. The van der Waals surface area contributed by atoms with Crippen LogP contribution in [0, 0.1) is 11.8 Å². The van der Waals surface area contributed by atoms with Crippen molar-refractivity contribution in [3.05, 3.63) is 42.2 Å². The molecule has 0 bridgehead atoms. The highest BCUT2D eigenvalue weighted by molar-refractivity contribution is 5.87. The molecule has 2 saturated heterocycles. The van der Waals surface area contributed by atoms with E-state index in [2.05, 4.69) is 0 Å². The first-order valence-electron chi connectivity index (χ1n) is 12.4. The third kappa shape index (κ3) is 5.00. The number of carbonyl (C=O) groups is 1. The van der Waals surface area contributed by atoms with Crippen molar-refractivity contribution in [2.24, 2.45) is 11.8 Å². The Labute approximate surface area is 223 Å². The lowest BCUT2D eigenvalue weighted by Gasteiger charge is -2.43. The van der Waals surface area contributed by atoms with Crippen molar-refractivity contribution in [3.63, 3.8) is 0 Å². The second-order valence-corrected chi connectivity index (χ2v) is 9.81. The van der Waals surface area contributed by atoms with Crippen molar-refractivity contribution in [2.75, 3.05) is 27.4 Å². The molecule has 3 fully saturated rings. The minimum absolute atomic E-state index is 0.212. The number of methoxy groups -OCH3 is 2. The molecule has 1 aromatic carbocycles. The predicted octanol–water partition coefficient (Wildman–Crippen LogP) is -1.31. The van der Waals surface area contributed by atoms with Gasteiger partial charge in [0.2, 0.25) is 6.29 Å². The molecule has 11 atom stereocenters. The summed E-state index contributed by atoms with van der Waals surface area (Å²) < 4.78 is 38.7. The number of esters is 1. The van der Waals surface area contributed by atoms with Gasteiger partial charge in [-0.2, -0.15) is 0 Å². The molecule has 1 aromatic rings. The minimum atomic E-state index is -1.64. The second-order valence-electron chi connectivity index (χ2n) is 9.81. The summed E-state index contributed by atoms with van der Waals surface area (Å²) in [5, 5.41) is 50.8. The molecule has 0 spiro atoms. The van der Waals surface area contributed by atoms with E-state index in [1.54, 1.807) is 30.4 Å². The van der Waals surface area contributed by atoms with E-state index < -0.39 is 79.2 Å². The molecule has 3 heterocycles. The molecule has 0 amide bonds. The van der Waals surface area contributed by atoms with Gasteiger partial charge in [0, 0.05) is 12.0 Å². The van der Waals surface area contributed by atoms with E-state index in [-0.39, 0.29) is 6.61 Å². The maximum Gasteiger partial charge on any atom is 0.330 e. The zero-order valence-corrected chi connectivity index (χ0v) is 21.2. The van der Waals surface area contributed by atoms with Gasteiger partial charge in [-0.25, -0.2) is 4.79 Å². The van der Waals surface area contributed by atoms with Crippen molar-refractivity contribution in [1.82, 2.24) is 0 Å². The van der Waals surface area contributed by atoms with Gasteiger partial charge >= 0.3 is 5.97 Å². The van der Waals surface area contributed by atoms with Gasteiger partial charge in [0.15, 0.2) is 17.8 Å². The van der Waals surface area contributed by atoms with Gasteiger partial charge < -0.3 is 58.7 Å². The van der Waals surface area contributed by atoms with E-state index in [1.165, 1.54) is 26.6 Å². The maximum absolute atomic E-state index is 12.5. The topological polar surface area (TPSA) is 186 Å². The fourth-order valence-corrected chi connectivity index (χ4v) is 5.51. The minimum Gasteiger partial charge on any atom is -0.493 e. The molecule has 5 N–H and O–H groups in total. The summed E-state index contributed by atoms with van der Waals surface area (Å²) in [4.78, 5) is 12.5. The van der Waals surface area contributed by atoms with E-state index in [0.29, 0.717) is 17.1 Å². The maximum atomic E-state index is 12.5. The summed E-state index contributed by atoms with van der Waals surface area (Å²) in [5.41, 5.74) is -0.445. The Morgan fingerprint density at radius 2 is 1.79 bits per heavy atom. The van der Waals surface area contributed by atoms with E-state index in [1.807, 2.05) is 0 Å². The lowest BCUT2D eigenvalue weighted by molar-refractivity contribution is -0.344. The molecule has 0 radical (unpaired) electrons. The van der Waals surface area contributed by atoms with Gasteiger partial charge in [0.25, 0.3) is 0 Å². The lowest BCUT2D eigenvalue weighted by atomic mass is 9.85. The van der Waals surface area contributed by atoms with Crippen LogP contribution in [0.15, 0.2) is 36.6 Å². The smallest absolute Gasteiger partial charge is 0.330 e. The number of epoxide rings is 1. The van der Waals surface area contributed by atoms with Crippen molar-refractivity contribution in [2.45, 2.75) is 54.8 Å². The third-order valence-corrected chi connectivity index (χ3v) is 7.64. The number of aliphatic hydroxyl groups is 5. The van der Waals surface area contributed by atoms with Gasteiger partial charge in [0.05, 0.1) is 39.1 Å². The molecule has 13 heteroatoms. The number of benzene rings is 1. The number of aliphatic hydroxyl groups excluding tert-OH is 5. The van der Waals surface area contributed by atoms with Crippen molar-refractivity contribution in [3.8, 4) is 11.5 Å². The van der Waals surface area contributed by atoms with Crippen LogP contribution in [0.5, 0.6) is 11.5 Å². The quantitative estimate of drug-likeness (QED) is 0.138. The molecular formula is C26H32O13. The Bertz CT molecular complexity index is 1110. The Hall–Kier alpha value is -2.75. The fraction of sp³-hybridized carbons (Fsp3) is 0.577. The Kier molecular flexibility index (Phi) is 7.86. The predicted molar refractivity (Wildman–Crippen MR) is 129 cm³/mol. The number of hydrogen-bond acceptors (Lipinski definition) is 13. The first kappa shape index (κ1) is 27.8. The first-order chi connectivity index (χ1) is 18.7. The van der Waals surface area contributed by atoms with E-state index >= 15 is 0 Å². The van der Waals surface area contributed by atoms with Crippen LogP contribution in [0.1, 0.15) is 5.56 Å². The Morgan fingerprint density at radius 1 is 1.03 bits per heavy atom. The number of carbonyl (C=O) groups excluding carboxylic acids is 1. The fourth-order valence-electron chi connectivity index (χ4n) is 5.51. The molecule has 0 aromatic heterocycles. The molecule has 0 unspecified atom stereocenters. The first-order valence-corrected chi connectivity index (χ1v) is 12.4. The summed E-state index contributed by atoms with van der Waals surface area (Å²) in [7, 11) is 3.03. The van der Waals surface area contributed by atoms with E-state index in [4.69, 9.17) is 33.2 Å². The highest BCUT2D eigenvalue weighted by Crippen LogP contribution is 2.60. The largest absolute Gasteiger partial charge is 0.493 e. The summed E-state index contributed by atoms with van der Waals surface area (Å²) in [6.45, 7) is -0.834. The molecule has 13 nitrogen and oxygen atoms in total. The highest BCUT2D eigenvalue weighted by atomic mass is 16.8. The molecule has 1 saturated carbocycles. The SMILES string of the molecule is COc1ccc(/C=C/C(=O)OC[C@]23O[C@H]2[C@@H](O)[C@@H]2C=CO[C@@H](O[C@@H]4O[C@H](CO)[C@@H](O)[C@H](O)[C@H]4O)[C@@H]23)cc1OC. The van der Waals surface area contributed by atoms with Crippen LogP contribution in [0.3, 0.4) is 0 Å². The summed E-state index contributed by atoms with van der Waals surface area (Å²) in [6.07, 6.45) is -4.39. The Morgan fingerprint density at radius 3 is 2.51 bits per heavy atom. The van der Waals surface area contributed by atoms with Crippen LogP contribution < -0.4 is 9.47 Å². The van der Waals surface area contributed by atoms with E-state index in [0.717, 1.165) is 0 Å². The van der Waals surface area contributed by atoms with Crippen molar-refractivity contribution < 1.29 is 63.5 Å². The number of rotatable bonds is 9. The zero-order valence-electron chi connectivity index (χ0n) is 21.2. The van der Waals surface area contributed by atoms with Crippen LogP contribution in [-0.2, 0) is 28.5 Å². The summed E-state index contributed by atoms with van der Waals surface area (Å²) >= 11 is 0. The summed E-state index contributed by atoms with van der Waals surface area (Å²) in [6, 6.07) is 5.15. The zero-order chi connectivity index (χ0) is 27.9. The number of fused-ring (bicyclic) bond motifs is 3. The van der Waals surface area contributed by atoms with Crippen molar-refractivity contribution >= 4 is 12.0 Å². The molecular weight excluding hydrogens is 520 g/mol. The monoisotopic (exact) mass is 552 g/mol. The second kappa shape index (κ2) is 11.0. The van der Waals surface area contributed by atoms with E-state index in [9.17, 15) is 30.3 Å². The van der Waals surface area contributed by atoms with Gasteiger partial charge in [-0.05, 0) is 29.8 Å². The molecule has 39 heavy (non-hydrogen) atoms. The number of hydrogen-bond donors (Lipinski definition) is 5. The third-order valence-electron chi connectivity index (χ3n) is 7.64. The van der Waals surface area contributed by atoms with Gasteiger partial charge in [0.1, 0.15) is 42.7 Å². The van der Waals surface area contributed by atoms with Gasteiger partial charge in [-0.3, -0.25) is 0 Å². The van der Waals surface area contributed by atoms with Gasteiger partial charge in [-0.15, -0.1) is 0 Å². The summed E-state index contributed by atoms with van der Waals surface area (Å²) in [5.74, 6) is -0.745. The normalized spacial score (nSPS) is 40.5. The van der Waals surface area contributed by atoms with Crippen LogP contribution in [-0.4, -0.2) is 114 Å². The average Bonchev–Trinajstić information content (AvgIpc) is 3.64. The highest BCUT2D eigenvalue weighted by Gasteiger charge is 2.76. The van der Waals surface area contributed by atoms with Crippen LogP contribution in [0.25, 0.3) is 6.08 Å². The molecule has 1 aliphatic carbocycles.